The average molecular weight is 390 g/mol. The lowest BCUT2D eigenvalue weighted by Gasteiger charge is -2.14. The fraction of sp³-hybridized carbons (Fsp3) is 0.0556. The number of benzene rings is 2. The van der Waals surface area contributed by atoms with Gasteiger partial charge in [-0.05, 0) is 36.4 Å². The molecule has 0 N–H and O–H groups in total. The summed E-state index contributed by atoms with van der Waals surface area (Å²) in [7, 11) is 1.55. The molecule has 142 valence electrons. The van der Waals surface area contributed by atoms with Crippen molar-refractivity contribution in [2.24, 2.45) is 7.05 Å². The molecule has 10 heteroatoms. The van der Waals surface area contributed by atoms with Crippen LogP contribution < -0.4 is 10.3 Å². The topological polar surface area (TPSA) is 61.9 Å². The first-order chi connectivity index (χ1) is 13.4. The van der Waals surface area contributed by atoms with E-state index in [-0.39, 0.29) is 16.9 Å². The molecular formula is C18H10F4N4O2. The van der Waals surface area contributed by atoms with Gasteiger partial charge < -0.3 is 9.30 Å². The van der Waals surface area contributed by atoms with Crippen molar-refractivity contribution in [2.45, 2.75) is 0 Å². The van der Waals surface area contributed by atoms with E-state index in [4.69, 9.17) is 4.74 Å². The first kappa shape index (κ1) is 17.7. The smallest absolute Gasteiger partial charge is 0.311 e. The molecule has 4 rings (SSSR count). The van der Waals surface area contributed by atoms with Crippen molar-refractivity contribution in [2.75, 3.05) is 0 Å². The fourth-order valence-electron chi connectivity index (χ4n) is 2.62. The minimum Gasteiger partial charge on any atom is -0.419 e. The Kier molecular flexibility index (Phi) is 4.10. The molecule has 0 aliphatic heterocycles. The molecule has 0 radical (unpaired) electrons. The first-order valence-electron chi connectivity index (χ1n) is 7.88. The third-order valence-electron chi connectivity index (χ3n) is 3.98. The Hall–Kier alpha value is -3.69. The summed E-state index contributed by atoms with van der Waals surface area (Å²) < 4.78 is 62.3. The second-order valence-electron chi connectivity index (χ2n) is 5.81. The molecule has 28 heavy (non-hydrogen) atoms. The molecule has 0 fully saturated rings. The first-order valence-corrected chi connectivity index (χ1v) is 7.88. The molecule has 0 unspecified atom stereocenters. The maximum absolute atomic E-state index is 14.0. The Morgan fingerprint density at radius 2 is 1.64 bits per heavy atom. The molecule has 2 aromatic carbocycles. The Balaban J connectivity index is 2.00. The van der Waals surface area contributed by atoms with Crippen LogP contribution in [0, 0.1) is 23.3 Å². The quantitative estimate of drug-likeness (QED) is 0.397. The zero-order valence-electron chi connectivity index (χ0n) is 14.2. The lowest BCUT2D eigenvalue weighted by molar-refractivity contribution is 0.359. The molecule has 0 aliphatic carbocycles. The highest BCUT2D eigenvalue weighted by atomic mass is 19.2. The third-order valence-corrected chi connectivity index (χ3v) is 3.98. The molecule has 0 saturated carbocycles. The molecule has 0 atom stereocenters. The molecule has 0 aliphatic rings. The summed E-state index contributed by atoms with van der Waals surface area (Å²) in [5, 5.41) is 0. The number of hydrogen-bond acceptors (Lipinski definition) is 4. The summed E-state index contributed by atoms with van der Waals surface area (Å²) in [5.41, 5.74) is -0.571. The van der Waals surface area contributed by atoms with Crippen LogP contribution in [-0.2, 0) is 7.05 Å². The molecule has 2 aromatic heterocycles. The van der Waals surface area contributed by atoms with E-state index in [2.05, 4.69) is 9.97 Å². The van der Waals surface area contributed by atoms with Crippen LogP contribution >= 0.6 is 0 Å². The van der Waals surface area contributed by atoms with Crippen LogP contribution in [0.3, 0.4) is 0 Å². The van der Waals surface area contributed by atoms with Gasteiger partial charge in [0.2, 0.25) is 11.6 Å². The van der Waals surface area contributed by atoms with Crippen molar-refractivity contribution < 1.29 is 22.3 Å². The highest BCUT2D eigenvalue weighted by molar-refractivity contribution is 5.70. The van der Waals surface area contributed by atoms with Crippen LogP contribution in [0.5, 0.6) is 11.8 Å². The van der Waals surface area contributed by atoms with Crippen molar-refractivity contribution in [1.82, 2.24) is 19.1 Å². The van der Waals surface area contributed by atoms with Gasteiger partial charge in [0.05, 0.1) is 12.0 Å². The number of aryl methyl sites for hydroxylation is 1. The molecule has 0 saturated heterocycles. The average Bonchev–Trinajstić information content (AvgIpc) is 3.04. The van der Waals surface area contributed by atoms with Gasteiger partial charge in [0, 0.05) is 7.05 Å². The van der Waals surface area contributed by atoms with Gasteiger partial charge in [-0.1, -0.05) is 0 Å². The predicted octanol–water partition coefficient (Wildman–Crippen LogP) is 3.47. The van der Waals surface area contributed by atoms with Crippen LogP contribution in [0.1, 0.15) is 0 Å². The molecule has 2 heterocycles. The number of ether oxygens (including phenoxy) is 1. The van der Waals surface area contributed by atoms with E-state index in [1.54, 1.807) is 7.05 Å². The highest BCUT2D eigenvalue weighted by Crippen LogP contribution is 2.29. The molecule has 0 bridgehead atoms. The second kappa shape index (κ2) is 6.48. The van der Waals surface area contributed by atoms with Crippen LogP contribution in [0.4, 0.5) is 17.6 Å². The van der Waals surface area contributed by atoms with E-state index >= 15 is 0 Å². The number of hydrogen-bond donors (Lipinski definition) is 0. The summed E-state index contributed by atoms with van der Waals surface area (Å²) in [6.07, 6.45) is 1.32. The van der Waals surface area contributed by atoms with E-state index in [0.29, 0.717) is 12.1 Å². The minimum atomic E-state index is -1.58. The van der Waals surface area contributed by atoms with E-state index in [1.165, 1.54) is 23.0 Å². The van der Waals surface area contributed by atoms with Crippen molar-refractivity contribution >= 4 is 11.2 Å². The summed E-state index contributed by atoms with van der Waals surface area (Å²) in [6.45, 7) is 0. The molecule has 4 aromatic rings. The zero-order chi connectivity index (χ0) is 20.0. The summed E-state index contributed by atoms with van der Waals surface area (Å²) in [4.78, 5) is 20.9. The van der Waals surface area contributed by atoms with Crippen molar-refractivity contribution in [3.05, 3.63) is 76.3 Å². The number of nitrogens with zero attached hydrogens (tertiary/aromatic N) is 4. The number of aromatic nitrogens is 4. The number of rotatable bonds is 3. The van der Waals surface area contributed by atoms with E-state index in [0.717, 1.165) is 16.7 Å². The molecule has 0 amide bonds. The summed E-state index contributed by atoms with van der Waals surface area (Å²) >= 11 is 0. The summed E-state index contributed by atoms with van der Waals surface area (Å²) in [5.74, 6) is -5.74. The van der Waals surface area contributed by atoms with E-state index < -0.39 is 40.6 Å². The van der Waals surface area contributed by atoms with E-state index in [1.807, 2.05) is 0 Å². The van der Waals surface area contributed by atoms with Crippen LogP contribution in [0.2, 0.25) is 0 Å². The summed E-state index contributed by atoms with van der Waals surface area (Å²) in [6, 6.07) is 5.39. The fourth-order valence-corrected chi connectivity index (χ4v) is 2.62. The molecular weight excluding hydrogens is 380 g/mol. The second-order valence-corrected chi connectivity index (χ2v) is 5.81. The van der Waals surface area contributed by atoms with Crippen LogP contribution in [0.25, 0.3) is 16.9 Å². The van der Waals surface area contributed by atoms with Crippen molar-refractivity contribution in [1.29, 1.82) is 0 Å². The Morgan fingerprint density at radius 1 is 0.964 bits per heavy atom. The third kappa shape index (κ3) is 2.79. The minimum absolute atomic E-state index is 0.0423. The van der Waals surface area contributed by atoms with Gasteiger partial charge in [-0.25, -0.2) is 22.7 Å². The van der Waals surface area contributed by atoms with Gasteiger partial charge in [0.25, 0.3) is 5.56 Å². The van der Waals surface area contributed by atoms with Gasteiger partial charge in [-0.15, -0.1) is 0 Å². The standard InChI is InChI=1S/C18H10F4N4O2/c1-25-8-23-14-16(25)24-18(28-15-12(21)7-6-11(20)13(15)22)26(17(14)27)10-4-2-9(19)3-5-10/h2-8H,1H3. The van der Waals surface area contributed by atoms with Gasteiger partial charge in [0.15, 0.2) is 22.8 Å². The highest BCUT2D eigenvalue weighted by Gasteiger charge is 2.22. The van der Waals surface area contributed by atoms with Crippen molar-refractivity contribution in [3.63, 3.8) is 0 Å². The monoisotopic (exact) mass is 390 g/mol. The Morgan fingerprint density at radius 3 is 2.36 bits per heavy atom. The molecule has 0 spiro atoms. The van der Waals surface area contributed by atoms with Gasteiger partial charge in [-0.2, -0.15) is 9.37 Å². The van der Waals surface area contributed by atoms with Gasteiger partial charge in [-0.3, -0.25) is 4.79 Å². The lowest BCUT2D eigenvalue weighted by Crippen LogP contribution is -2.22. The SMILES string of the molecule is Cn1cnc2c(=O)n(-c3ccc(F)cc3)c(Oc3c(F)ccc(F)c3F)nc21. The largest absolute Gasteiger partial charge is 0.419 e. The maximum Gasteiger partial charge on any atom is 0.311 e. The molecule has 6 nitrogen and oxygen atoms in total. The Labute approximate surface area is 154 Å². The van der Waals surface area contributed by atoms with E-state index in [9.17, 15) is 22.4 Å². The number of fused-ring (bicyclic) bond motifs is 1. The zero-order valence-corrected chi connectivity index (χ0v) is 14.2. The predicted molar refractivity (Wildman–Crippen MR) is 90.5 cm³/mol. The van der Waals surface area contributed by atoms with Crippen LogP contribution in [0.15, 0.2) is 47.5 Å². The number of imidazole rings is 1. The van der Waals surface area contributed by atoms with Gasteiger partial charge in [0.1, 0.15) is 5.82 Å². The van der Waals surface area contributed by atoms with Gasteiger partial charge >= 0.3 is 6.01 Å². The number of halogens is 4. The van der Waals surface area contributed by atoms with Crippen molar-refractivity contribution in [3.8, 4) is 17.4 Å². The lowest BCUT2D eigenvalue weighted by atomic mass is 10.3. The maximum atomic E-state index is 14.0. The Bertz CT molecular complexity index is 1270. The normalized spacial score (nSPS) is 11.2. The van der Waals surface area contributed by atoms with Crippen LogP contribution in [-0.4, -0.2) is 19.1 Å².